The number of ether oxygens (including phenoxy) is 3. The largest absolute Gasteiger partial charge is 0.497 e. The van der Waals surface area contributed by atoms with Crippen LogP contribution in [0.15, 0.2) is 66.9 Å². The standard InChI is InChI=1S/C27H27N3O5/c1-4-34-25(32)17-28-27-26(29-23-14-18(2)12-13-30(23)27)20-6-5-7-22(16-20)35-24(31)15-19-8-10-21(33-3)11-9-19/h5-14,16,28H,4,15,17H2,1-3H3. The van der Waals surface area contributed by atoms with Crippen molar-refractivity contribution in [2.75, 3.05) is 25.6 Å². The van der Waals surface area contributed by atoms with E-state index in [1.54, 1.807) is 44.4 Å². The molecule has 0 amide bonds. The van der Waals surface area contributed by atoms with Gasteiger partial charge in [-0.25, -0.2) is 4.98 Å². The van der Waals surface area contributed by atoms with Crippen molar-refractivity contribution in [1.82, 2.24) is 9.38 Å². The maximum Gasteiger partial charge on any atom is 0.325 e. The first kappa shape index (κ1) is 23.8. The summed E-state index contributed by atoms with van der Waals surface area (Å²) in [6.45, 7) is 4.06. The second kappa shape index (κ2) is 10.7. The van der Waals surface area contributed by atoms with Crippen molar-refractivity contribution in [2.45, 2.75) is 20.3 Å². The van der Waals surface area contributed by atoms with Crippen molar-refractivity contribution in [3.8, 4) is 22.8 Å². The Labute approximate surface area is 203 Å². The van der Waals surface area contributed by atoms with Gasteiger partial charge in [-0.3, -0.25) is 14.0 Å². The van der Waals surface area contributed by atoms with Gasteiger partial charge >= 0.3 is 11.9 Å². The number of benzene rings is 2. The smallest absolute Gasteiger partial charge is 0.325 e. The first-order chi connectivity index (χ1) is 17.0. The molecule has 4 rings (SSSR count). The van der Waals surface area contributed by atoms with Crippen LogP contribution < -0.4 is 14.8 Å². The lowest BCUT2D eigenvalue weighted by molar-refractivity contribution is -0.141. The molecule has 2 aromatic heterocycles. The number of hydrogen-bond donors (Lipinski definition) is 1. The Hall–Kier alpha value is -4.33. The highest BCUT2D eigenvalue weighted by molar-refractivity contribution is 5.82. The highest BCUT2D eigenvalue weighted by Gasteiger charge is 2.17. The summed E-state index contributed by atoms with van der Waals surface area (Å²) in [5.74, 6) is 1.05. The molecular weight excluding hydrogens is 446 g/mol. The number of imidazole rings is 1. The molecule has 0 fully saturated rings. The Balaban J connectivity index is 1.58. The molecule has 0 saturated carbocycles. The number of esters is 2. The van der Waals surface area contributed by atoms with Crippen LogP contribution >= 0.6 is 0 Å². The second-order valence-electron chi connectivity index (χ2n) is 7.93. The summed E-state index contributed by atoms with van der Waals surface area (Å²) in [7, 11) is 1.60. The average Bonchev–Trinajstić information content (AvgIpc) is 3.21. The minimum Gasteiger partial charge on any atom is -0.497 e. The molecule has 2 heterocycles. The second-order valence-corrected chi connectivity index (χ2v) is 7.93. The van der Waals surface area contributed by atoms with Gasteiger partial charge in [0.15, 0.2) is 0 Å². The van der Waals surface area contributed by atoms with Crippen LogP contribution in [0.2, 0.25) is 0 Å². The van der Waals surface area contributed by atoms with E-state index in [1.165, 1.54) is 0 Å². The zero-order chi connectivity index (χ0) is 24.8. The van der Waals surface area contributed by atoms with Gasteiger partial charge in [-0.15, -0.1) is 0 Å². The van der Waals surface area contributed by atoms with E-state index in [1.807, 2.05) is 47.9 Å². The van der Waals surface area contributed by atoms with Gasteiger partial charge in [-0.1, -0.05) is 24.3 Å². The van der Waals surface area contributed by atoms with Crippen LogP contribution in [-0.2, 0) is 20.7 Å². The number of anilines is 1. The van der Waals surface area contributed by atoms with E-state index in [9.17, 15) is 9.59 Å². The molecule has 2 aromatic carbocycles. The summed E-state index contributed by atoms with van der Waals surface area (Å²) >= 11 is 0. The summed E-state index contributed by atoms with van der Waals surface area (Å²) in [5, 5.41) is 3.15. The number of pyridine rings is 1. The molecule has 0 aliphatic heterocycles. The average molecular weight is 474 g/mol. The van der Waals surface area contributed by atoms with Crippen LogP contribution in [-0.4, -0.2) is 41.6 Å². The number of carbonyl (C=O) groups excluding carboxylic acids is 2. The van der Waals surface area contributed by atoms with Gasteiger partial charge < -0.3 is 19.5 Å². The van der Waals surface area contributed by atoms with E-state index in [2.05, 4.69) is 5.32 Å². The normalized spacial score (nSPS) is 10.7. The monoisotopic (exact) mass is 473 g/mol. The van der Waals surface area contributed by atoms with Crippen LogP contribution in [0.5, 0.6) is 11.5 Å². The summed E-state index contributed by atoms with van der Waals surface area (Å²) in [6.07, 6.45) is 2.03. The number of rotatable bonds is 9. The van der Waals surface area contributed by atoms with E-state index in [0.717, 1.165) is 28.1 Å². The van der Waals surface area contributed by atoms with Gasteiger partial charge in [0.1, 0.15) is 35.2 Å². The SMILES string of the molecule is CCOC(=O)CNc1c(-c2cccc(OC(=O)Cc3ccc(OC)cc3)c2)nc2cc(C)ccn12. The van der Waals surface area contributed by atoms with Gasteiger partial charge in [-0.2, -0.15) is 0 Å². The maximum atomic E-state index is 12.5. The highest BCUT2D eigenvalue weighted by Crippen LogP contribution is 2.31. The number of fused-ring (bicyclic) bond motifs is 1. The highest BCUT2D eigenvalue weighted by atomic mass is 16.5. The van der Waals surface area contributed by atoms with Crippen molar-refractivity contribution in [3.05, 3.63) is 78.0 Å². The fraction of sp³-hybridized carbons (Fsp3) is 0.222. The Morgan fingerprint density at radius 1 is 1.00 bits per heavy atom. The molecule has 0 atom stereocenters. The van der Waals surface area contributed by atoms with E-state index in [-0.39, 0.29) is 24.9 Å². The minimum atomic E-state index is -0.376. The molecule has 0 aliphatic rings. The van der Waals surface area contributed by atoms with Gasteiger partial charge in [0.05, 0.1) is 20.1 Å². The Kier molecular flexibility index (Phi) is 7.30. The number of aryl methyl sites for hydroxylation is 1. The number of carbonyl (C=O) groups is 2. The van der Waals surface area contributed by atoms with E-state index in [4.69, 9.17) is 19.2 Å². The van der Waals surface area contributed by atoms with E-state index >= 15 is 0 Å². The van der Waals surface area contributed by atoms with Gasteiger partial charge in [0, 0.05) is 11.8 Å². The summed E-state index contributed by atoms with van der Waals surface area (Å²) in [6, 6.07) is 18.4. The fourth-order valence-corrected chi connectivity index (χ4v) is 3.67. The fourth-order valence-electron chi connectivity index (χ4n) is 3.67. The first-order valence-corrected chi connectivity index (χ1v) is 11.3. The summed E-state index contributed by atoms with van der Waals surface area (Å²) < 4.78 is 17.7. The molecule has 1 N–H and O–H groups in total. The molecule has 8 heteroatoms. The number of methoxy groups -OCH3 is 1. The van der Waals surface area contributed by atoms with Crippen LogP contribution in [0.4, 0.5) is 5.82 Å². The lowest BCUT2D eigenvalue weighted by Crippen LogP contribution is -2.17. The summed E-state index contributed by atoms with van der Waals surface area (Å²) in [4.78, 5) is 29.3. The third-order valence-electron chi connectivity index (χ3n) is 5.33. The van der Waals surface area contributed by atoms with Gasteiger partial charge in [-0.05, 0) is 61.4 Å². The predicted octanol–water partition coefficient (Wildman–Crippen LogP) is 4.44. The molecule has 0 spiro atoms. The maximum absolute atomic E-state index is 12.5. The molecule has 35 heavy (non-hydrogen) atoms. The third-order valence-corrected chi connectivity index (χ3v) is 5.33. The lowest BCUT2D eigenvalue weighted by Gasteiger charge is -2.10. The van der Waals surface area contributed by atoms with Crippen LogP contribution in [0, 0.1) is 6.92 Å². The summed E-state index contributed by atoms with van der Waals surface area (Å²) in [5.41, 5.74) is 3.99. The molecule has 0 radical (unpaired) electrons. The van der Waals surface area contributed by atoms with Crippen molar-refractivity contribution >= 4 is 23.4 Å². The quantitative estimate of drug-likeness (QED) is 0.284. The zero-order valence-electron chi connectivity index (χ0n) is 19.9. The van der Waals surface area contributed by atoms with Crippen molar-refractivity contribution in [3.63, 3.8) is 0 Å². The molecular formula is C27H27N3O5. The van der Waals surface area contributed by atoms with E-state index in [0.29, 0.717) is 23.9 Å². The van der Waals surface area contributed by atoms with Gasteiger partial charge in [0.2, 0.25) is 0 Å². The third kappa shape index (κ3) is 5.78. The Bertz CT molecular complexity index is 1340. The van der Waals surface area contributed by atoms with E-state index < -0.39 is 0 Å². The van der Waals surface area contributed by atoms with Crippen molar-refractivity contribution in [1.29, 1.82) is 0 Å². The van der Waals surface area contributed by atoms with Crippen LogP contribution in [0.1, 0.15) is 18.1 Å². The number of aromatic nitrogens is 2. The van der Waals surface area contributed by atoms with Crippen LogP contribution in [0.25, 0.3) is 16.9 Å². The van der Waals surface area contributed by atoms with Gasteiger partial charge in [0.25, 0.3) is 0 Å². The minimum absolute atomic E-state index is 0.000945. The number of hydrogen-bond acceptors (Lipinski definition) is 7. The Morgan fingerprint density at radius 3 is 2.54 bits per heavy atom. The molecule has 4 aromatic rings. The molecule has 180 valence electrons. The molecule has 0 aliphatic carbocycles. The molecule has 8 nitrogen and oxygen atoms in total. The van der Waals surface area contributed by atoms with Crippen molar-refractivity contribution < 1.29 is 23.8 Å². The molecule has 0 bridgehead atoms. The Morgan fingerprint density at radius 2 is 1.80 bits per heavy atom. The van der Waals surface area contributed by atoms with Crippen molar-refractivity contribution in [2.24, 2.45) is 0 Å². The molecule has 0 unspecified atom stereocenters. The first-order valence-electron chi connectivity index (χ1n) is 11.3. The number of nitrogens with one attached hydrogen (secondary N) is 1. The predicted molar refractivity (Wildman–Crippen MR) is 133 cm³/mol. The lowest BCUT2D eigenvalue weighted by atomic mass is 10.1. The number of nitrogens with zero attached hydrogens (tertiary/aromatic N) is 2. The van der Waals surface area contributed by atoms with Crippen LogP contribution in [0.3, 0.4) is 0 Å². The zero-order valence-corrected chi connectivity index (χ0v) is 19.9. The molecule has 0 saturated heterocycles. The topological polar surface area (TPSA) is 91.2 Å².